The molecule has 27 heavy (non-hydrogen) atoms. The molecule has 4 rings (SSSR count). The molecule has 0 saturated heterocycles. The van der Waals surface area contributed by atoms with Crippen molar-refractivity contribution in [3.8, 4) is 0 Å². The van der Waals surface area contributed by atoms with Crippen LogP contribution in [0.5, 0.6) is 0 Å². The molecule has 3 aromatic carbocycles. The second-order valence-corrected chi connectivity index (χ2v) is 10.1. The third-order valence-electron chi connectivity index (χ3n) is 5.04. The van der Waals surface area contributed by atoms with Crippen molar-refractivity contribution in [2.45, 2.75) is 6.16 Å². The van der Waals surface area contributed by atoms with Crippen molar-refractivity contribution < 1.29 is 24.0 Å². The summed E-state index contributed by atoms with van der Waals surface area (Å²) in [6, 6.07) is 37.5. The molecule has 0 unspecified atom stereocenters. The molecular formula is C24H23INP. The maximum absolute atomic E-state index is 2.30. The normalized spacial score (nSPS) is 11.0. The molecular weight excluding hydrogens is 460 g/mol. The van der Waals surface area contributed by atoms with Crippen LogP contribution < -0.4 is 39.9 Å². The molecule has 1 nitrogen and oxygen atoms in total. The van der Waals surface area contributed by atoms with E-state index in [2.05, 4.69) is 121 Å². The summed E-state index contributed by atoms with van der Waals surface area (Å²) in [6.07, 6.45) is 3.17. The van der Waals surface area contributed by atoms with E-state index in [1.807, 2.05) is 0 Å². The molecule has 0 spiro atoms. The van der Waals surface area contributed by atoms with Gasteiger partial charge in [0.1, 0.15) is 29.3 Å². The molecule has 0 amide bonds. The topological polar surface area (TPSA) is 4.93 Å². The molecule has 0 saturated carbocycles. The molecule has 0 N–H and O–H groups in total. The Morgan fingerprint density at radius 2 is 1.00 bits per heavy atom. The van der Waals surface area contributed by atoms with Crippen LogP contribution in [0.1, 0.15) is 5.69 Å². The maximum Gasteiger partial charge on any atom is 0.118 e. The number of nitrogens with zero attached hydrogens (tertiary/aromatic N) is 1. The number of rotatable bonds is 5. The predicted molar refractivity (Wildman–Crippen MR) is 114 cm³/mol. The van der Waals surface area contributed by atoms with Gasteiger partial charge in [-0.2, -0.15) is 0 Å². The zero-order chi connectivity index (χ0) is 17.8. The maximum atomic E-state index is 2.30. The number of hydrogen-bond donors (Lipinski definition) is 0. The van der Waals surface area contributed by atoms with Crippen molar-refractivity contribution in [1.82, 2.24) is 4.57 Å². The third kappa shape index (κ3) is 3.88. The summed E-state index contributed by atoms with van der Waals surface area (Å²) >= 11 is 0. The van der Waals surface area contributed by atoms with Gasteiger partial charge in [0.15, 0.2) is 0 Å². The van der Waals surface area contributed by atoms with Crippen molar-refractivity contribution in [3.05, 3.63) is 115 Å². The standard InChI is InChI=1S/C24H23NP.HI/c1-25-19-11-12-21(25)20-26(22-13-5-2-6-14-22,23-15-7-3-8-16-23)24-17-9-4-10-18-24;/h2-19H,20H2,1H3;1H/q+1;/p-1. The van der Waals surface area contributed by atoms with Crippen LogP contribution in [0.25, 0.3) is 0 Å². The van der Waals surface area contributed by atoms with E-state index in [1.165, 1.54) is 21.6 Å². The third-order valence-corrected chi connectivity index (χ3v) is 9.38. The van der Waals surface area contributed by atoms with Crippen molar-refractivity contribution in [2.75, 3.05) is 0 Å². The molecule has 4 aromatic rings. The molecule has 136 valence electrons. The van der Waals surface area contributed by atoms with Crippen LogP contribution in [-0.4, -0.2) is 4.57 Å². The van der Waals surface area contributed by atoms with Crippen LogP contribution in [0, 0.1) is 0 Å². The largest absolute Gasteiger partial charge is 1.00 e. The minimum atomic E-state index is -1.79. The van der Waals surface area contributed by atoms with E-state index in [0.29, 0.717) is 0 Å². The van der Waals surface area contributed by atoms with Crippen LogP contribution in [0.3, 0.4) is 0 Å². The highest BCUT2D eigenvalue weighted by Crippen LogP contribution is 2.58. The SMILES string of the molecule is Cn1cccc1C[P+](c1ccccc1)(c1ccccc1)c1ccccc1.[I-]. The molecule has 0 fully saturated rings. The van der Waals surface area contributed by atoms with Crippen LogP contribution in [0.4, 0.5) is 0 Å². The second-order valence-electron chi connectivity index (χ2n) is 6.58. The Kier molecular flexibility index (Phi) is 6.51. The first kappa shape index (κ1) is 19.9. The molecule has 0 aliphatic carbocycles. The Bertz CT molecular complexity index is 868. The highest BCUT2D eigenvalue weighted by Gasteiger charge is 2.45. The lowest BCUT2D eigenvalue weighted by Gasteiger charge is -2.27. The zero-order valence-corrected chi connectivity index (χ0v) is 18.4. The summed E-state index contributed by atoms with van der Waals surface area (Å²) in [6.45, 7) is 0. The van der Waals surface area contributed by atoms with E-state index in [-0.39, 0.29) is 24.0 Å². The first-order chi connectivity index (χ1) is 12.8. The van der Waals surface area contributed by atoms with Crippen LogP contribution in [0.15, 0.2) is 109 Å². The van der Waals surface area contributed by atoms with E-state index < -0.39 is 7.26 Å². The van der Waals surface area contributed by atoms with E-state index in [4.69, 9.17) is 0 Å². The van der Waals surface area contributed by atoms with Gasteiger partial charge in [-0.25, -0.2) is 0 Å². The van der Waals surface area contributed by atoms with Crippen LogP contribution in [-0.2, 0) is 13.2 Å². The van der Waals surface area contributed by atoms with E-state index in [9.17, 15) is 0 Å². The summed E-state index contributed by atoms with van der Waals surface area (Å²) in [5, 5.41) is 4.29. The molecule has 0 radical (unpaired) electrons. The van der Waals surface area contributed by atoms with Crippen LogP contribution >= 0.6 is 7.26 Å². The molecule has 0 atom stereocenters. The summed E-state index contributed by atoms with van der Waals surface area (Å²) in [5.74, 6) is 0. The number of hydrogen-bond acceptors (Lipinski definition) is 0. The minimum absolute atomic E-state index is 0. The van der Waals surface area contributed by atoms with Crippen molar-refractivity contribution in [3.63, 3.8) is 0 Å². The van der Waals surface area contributed by atoms with Gasteiger partial charge in [0.2, 0.25) is 0 Å². The molecule has 1 heterocycles. The lowest BCUT2D eigenvalue weighted by Crippen LogP contribution is -3.00. The monoisotopic (exact) mass is 483 g/mol. The summed E-state index contributed by atoms with van der Waals surface area (Å²) in [5.41, 5.74) is 1.37. The van der Waals surface area contributed by atoms with Gasteiger partial charge in [0.25, 0.3) is 0 Å². The molecule has 0 aliphatic rings. The molecule has 1 aromatic heterocycles. The van der Waals surface area contributed by atoms with Crippen molar-refractivity contribution in [1.29, 1.82) is 0 Å². The van der Waals surface area contributed by atoms with Crippen molar-refractivity contribution in [2.24, 2.45) is 7.05 Å². The fraction of sp³-hybridized carbons (Fsp3) is 0.0833. The molecule has 0 bridgehead atoms. The van der Waals surface area contributed by atoms with Gasteiger partial charge in [-0.15, -0.1) is 0 Å². The van der Waals surface area contributed by atoms with E-state index in [0.717, 1.165) is 6.16 Å². The van der Waals surface area contributed by atoms with Gasteiger partial charge >= 0.3 is 0 Å². The van der Waals surface area contributed by atoms with Gasteiger partial charge in [0, 0.05) is 13.2 Å². The van der Waals surface area contributed by atoms with Crippen LogP contribution in [0.2, 0.25) is 0 Å². The number of aromatic nitrogens is 1. The number of benzene rings is 3. The quantitative estimate of drug-likeness (QED) is 0.300. The number of aryl methyl sites for hydroxylation is 1. The first-order valence-electron chi connectivity index (χ1n) is 8.96. The molecule has 0 aliphatic heterocycles. The first-order valence-corrected chi connectivity index (χ1v) is 10.9. The average molecular weight is 483 g/mol. The Morgan fingerprint density at radius 1 is 0.593 bits per heavy atom. The summed E-state index contributed by atoms with van der Waals surface area (Å²) in [7, 11) is 0.354. The minimum Gasteiger partial charge on any atom is -1.00 e. The lowest BCUT2D eigenvalue weighted by molar-refractivity contribution is -0.00000513. The lowest BCUT2D eigenvalue weighted by atomic mass is 10.3. The Hall–Kier alpha value is -1.90. The van der Waals surface area contributed by atoms with Gasteiger partial charge in [-0.05, 0) is 48.5 Å². The second kappa shape index (κ2) is 8.86. The summed E-state index contributed by atoms with van der Waals surface area (Å²) in [4.78, 5) is 0. The predicted octanol–water partition coefficient (Wildman–Crippen LogP) is 1.52. The highest BCUT2D eigenvalue weighted by molar-refractivity contribution is 7.95. The Labute approximate surface area is 179 Å². The average Bonchev–Trinajstić information content (AvgIpc) is 3.12. The molecule has 3 heteroatoms. The fourth-order valence-electron chi connectivity index (χ4n) is 3.67. The zero-order valence-electron chi connectivity index (χ0n) is 15.4. The van der Waals surface area contributed by atoms with Gasteiger partial charge in [-0.1, -0.05) is 54.6 Å². The van der Waals surface area contributed by atoms with E-state index >= 15 is 0 Å². The highest BCUT2D eigenvalue weighted by atomic mass is 127. The van der Waals surface area contributed by atoms with E-state index in [1.54, 1.807) is 0 Å². The fourth-order valence-corrected chi connectivity index (χ4v) is 7.97. The summed E-state index contributed by atoms with van der Waals surface area (Å²) < 4.78 is 2.25. The Morgan fingerprint density at radius 3 is 1.33 bits per heavy atom. The number of halogens is 1. The smallest absolute Gasteiger partial charge is 0.118 e. The van der Waals surface area contributed by atoms with Gasteiger partial charge in [-0.3, -0.25) is 0 Å². The van der Waals surface area contributed by atoms with Gasteiger partial charge < -0.3 is 28.5 Å². The Balaban J connectivity index is 0.00000210. The van der Waals surface area contributed by atoms with Crippen molar-refractivity contribution >= 4 is 23.2 Å². The van der Waals surface area contributed by atoms with Gasteiger partial charge in [0.05, 0.1) is 5.69 Å².